The van der Waals surface area contributed by atoms with Crippen molar-refractivity contribution in [2.45, 2.75) is 45.2 Å². The van der Waals surface area contributed by atoms with Crippen LogP contribution in [0.3, 0.4) is 0 Å². The molecule has 28 heavy (non-hydrogen) atoms. The highest BCUT2D eigenvalue weighted by Crippen LogP contribution is 2.20. The molecule has 150 valence electrons. The van der Waals surface area contributed by atoms with E-state index in [4.69, 9.17) is 4.74 Å². The number of likely N-dealkylation sites (tertiary alicyclic amines) is 1. The summed E-state index contributed by atoms with van der Waals surface area (Å²) in [6.07, 6.45) is 3.05. The molecular formula is C23H29FN2O2. The third kappa shape index (κ3) is 6.06. The zero-order valence-electron chi connectivity index (χ0n) is 16.5. The normalized spacial score (nSPS) is 15.4. The highest BCUT2D eigenvalue weighted by molar-refractivity contribution is 5.76. The summed E-state index contributed by atoms with van der Waals surface area (Å²) in [6, 6.07) is 14.8. The standard InChI is InChI=1S/C23H29FN2O2/c1-2-28-22-6-4-3-5-19(22)9-12-23(27)25-21-13-15-26(16-14-21)17-18-7-10-20(24)11-8-18/h3-8,10-11,21H,2,9,12-17H2,1H3,(H,25,27). The van der Waals surface area contributed by atoms with E-state index in [0.29, 0.717) is 19.4 Å². The van der Waals surface area contributed by atoms with Gasteiger partial charge in [0.2, 0.25) is 5.91 Å². The van der Waals surface area contributed by atoms with Gasteiger partial charge in [-0.25, -0.2) is 4.39 Å². The van der Waals surface area contributed by atoms with Gasteiger partial charge in [-0.1, -0.05) is 30.3 Å². The quantitative estimate of drug-likeness (QED) is 0.750. The first-order chi connectivity index (χ1) is 13.6. The summed E-state index contributed by atoms with van der Waals surface area (Å²) >= 11 is 0. The van der Waals surface area contributed by atoms with Crippen LogP contribution in [-0.2, 0) is 17.8 Å². The van der Waals surface area contributed by atoms with Crippen LogP contribution in [0.2, 0.25) is 0 Å². The Labute approximate surface area is 166 Å². The number of rotatable bonds is 8. The number of hydrogen-bond donors (Lipinski definition) is 1. The molecule has 1 fully saturated rings. The molecular weight excluding hydrogens is 355 g/mol. The molecule has 0 aliphatic carbocycles. The van der Waals surface area contributed by atoms with Gasteiger partial charge in [-0.05, 0) is 55.5 Å². The second-order valence-corrected chi connectivity index (χ2v) is 7.29. The molecule has 1 saturated heterocycles. The van der Waals surface area contributed by atoms with Crippen LogP contribution < -0.4 is 10.1 Å². The fourth-order valence-electron chi connectivity index (χ4n) is 3.64. The summed E-state index contributed by atoms with van der Waals surface area (Å²) in [7, 11) is 0. The predicted octanol–water partition coefficient (Wildman–Crippen LogP) is 3.94. The summed E-state index contributed by atoms with van der Waals surface area (Å²) in [4.78, 5) is 14.7. The number of hydrogen-bond acceptors (Lipinski definition) is 3. The van der Waals surface area contributed by atoms with E-state index in [9.17, 15) is 9.18 Å². The predicted molar refractivity (Wildman–Crippen MR) is 109 cm³/mol. The Bertz CT molecular complexity index is 755. The van der Waals surface area contributed by atoms with Crippen LogP contribution in [0, 0.1) is 5.82 Å². The molecule has 0 saturated carbocycles. The van der Waals surface area contributed by atoms with Crippen LogP contribution in [0.4, 0.5) is 4.39 Å². The van der Waals surface area contributed by atoms with Crippen LogP contribution in [-0.4, -0.2) is 36.5 Å². The van der Waals surface area contributed by atoms with Gasteiger partial charge in [0.25, 0.3) is 0 Å². The van der Waals surface area contributed by atoms with Crippen molar-refractivity contribution in [1.82, 2.24) is 10.2 Å². The Balaban J connectivity index is 1.39. The molecule has 3 rings (SSSR count). The molecule has 4 nitrogen and oxygen atoms in total. The summed E-state index contributed by atoms with van der Waals surface area (Å²) in [5, 5.41) is 3.18. The summed E-state index contributed by atoms with van der Waals surface area (Å²) in [5.74, 6) is 0.768. The van der Waals surface area contributed by atoms with E-state index in [0.717, 1.165) is 49.4 Å². The zero-order chi connectivity index (χ0) is 19.8. The lowest BCUT2D eigenvalue weighted by atomic mass is 10.0. The van der Waals surface area contributed by atoms with Crippen LogP contribution in [0.15, 0.2) is 48.5 Å². The van der Waals surface area contributed by atoms with Crippen molar-refractivity contribution in [2.75, 3.05) is 19.7 Å². The van der Waals surface area contributed by atoms with E-state index in [-0.39, 0.29) is 17.8 Å². The molecule has 1 N–H and O–H groups in total. The molecule has 1 heterocycles. The number of para-hydroxylation sites is 1. The number of nitrogens with zero attached hydrogens (tertiary/aromatic N) is 1. The minimum atomic E-state index is -0.200. The molecule has 0 aromatic heterocycles. The minimum absolute atomic E-state index is 0.100. The van der Waals surface area contributed by atoms with Gasteiger partial charge >= 0.3 is 0 Å². The van der Waals surface area contributed by atoms with E-state index in [1.165, 1.54) is 12.1 Å². The van der Waals surface area contributed by atoms with E-state index < -0.39 is 0 Å². The minimum Gasteiger partial charge on any atom is -0.494 e. The summed E-state index contributed by atoms with van der Waals surface area (Å²) < 4.78 is 18.6. The Morgan fingerprint density at radius 1 is 1.14 bits per heavy atom. The first-order valence-corrected chi connectivity index (χ1v) is 10.1. The fourth-order valence-corrected chi connectivity index (χ4v) is 3.64. The highest BCUT2D eigenvalue weighted by atomic mass is 19.1. The Hall–Kier alpha value is -2.40. The second kappa shape index (κ2) is 10.2. The largest absolute Gasteiger partial charge is 0.494 e. The smallest absolute Gasteiger partial charge is 0.220 e. The molecule has 2 aromatic carbocycles. The van der Waals surface area contributed by atoms with Crippen molar-refractivity contribution in [3.63, 3.8) is 0 Å². The molecule has 5 heteroatoms. The Kier molecular flexibility index (Phi) is 7.43. The third-order valence-corrected chi connectivity index (χ3v) is 5.17. The number of piperidine rings is 1. The summed E-state index contributed by atoms with van der Waals surface area (Å²) in [6.45, 7) is 5.30. The molecule has 0 unspecified atom stereocenters. The zero-order valence-corrected chi connectivity index (χ0v) is 16.5. The lowest BCUT2D eigenvalue weighted by Gasteiger charge is -2.32. The Morgan fingerprint density at radius 2 is 1.86 bits per heavy atom. The first-order valence-electron chi connectivity index (χ1n) is 10.1. The van der Waals surface area contributed by atoms with Crippen molar-refractivity contribution in [1.29, 1.82) is 0 Å². The van der Waals surface area contributed by atoms with Crippen LogP contribution >= 0.6 is 0 Å². The highest BCUT2D eigenvalue weighted by Gasteiger charge is 2.20. The molecule has 1 aliphatic heterocycles. The summed E-state index contributed by atoms with van der Waals surface area (Å²) in [5.41, 5.74) is 2.20. The fraction of sp³-hybridized carbons (Fsp3) is 0.435. The SMILES string of the molecule is CCOc1ccccc1CCC(=O)NC1CCN(Cc2ccc(F)cc2)CC1. The maximum Gasteiger partial charge on any atom is 0.220 e. The second-order valence-electron chi connectivity index (χ2n) is 7.29. The molecule has 0 radical (unpaired) electrons. The number of aryl methyl sites for hydroxylation is 1. The molecule has 2 aromatic rings. The average molecular weight is 384 g/mol. The molecule has 0 bridgehead atoms. The van der Waals surface area contributed by atoms with Crippen LogP contribution in [0.1, 0.15) is 37.3 Å². The number of carbonyl (C=O) groups excluding carboxylic acids is 1. The number of carbonyl (C=O) groups is 1. The average Bonchev–Trinajstić information content (AvgIpc) is 2.71. The van der Waals surface area contributed by atoms with Gasteiger partial charge in [-0.15, -0.1) is 0 Å². The van der Waals surface area contributed by atoms with Gasteiger partial charge in [0.15, 0.2) is 0 Å². The van der Waals surface area contributed by atoms with Crippen LogP contribution in [0.25, 0.3) is 0 Å². The van der Waals surface area contributed by atoms with Gasteiger partial charge in [0.1, 0.15) is 11.6 Å². The molecule has 1 aliphatic rings. The maximum absolute atomic E-state index is 13.0. The van der Waals surface area contributed by atoms with Crippen molar-refractivity contribution in [3.05, 3.63) is 65.5 Å². The third-order valence-electron chi connectivity index (χ3n) is 5.17. The number of halogens is 1. The van der Waals surface area contributed by atoms with Gasteiger partial charge in [-0.2, -0.15) is 0 Å². The molecule has 0 spiro atoms. The van der Waals surface area contributed by atoms with Crippen molar-refractivity contribution >= 4 is 5.91 Å². The van der Waals surface area contributed by atoms with Gasteiger partial charge < -0.3 is 10.1 Å². The van der Waals surface area contributed by atoms with Crippen molar-refractivity contribution < 1.29 is 13.9 Å². The van der Waals surface area contributed by atoms with Gasteiger partial charge in [0.05, 0.1) is 6.61 Å². The lowest BCUT2D eigenvalue weighted by molar-refractivity contribution is -0.122. The number of ether oxygens (including phenoxy) is 1. The van der Waals surface area contributed by atoms with Crippen LogP contribution in [0.5, 0.6) is 5.75 Å². The number of nitrogens with one attached hydrogen (secondary N) is 1. The maximum atomic E-state index is 13.0. The number of benzene rings is 2. The van der Waals surface area contributed by atoms with Crippen molar-refractivity contribution in [2.24, 2.45) is 0 Å². The molecule has 0 atom stereocenters. The van der Waals surface area contributed by atoms with E-state index >= 15 is 0 Å². The van der Waals surface area contributed by atoms with Crippen molar-refractivity contribution in [3.8, 4) is 5.75 Å². The first kappa shape index (κ1) is 20.3. The monoisotopic (exact) mass is 384 g/mol. The molecule has 1 amide bonds. The Morgan fingerprint density at radius 3 is 2.57 bits per heavy atom. The van der Waals surface area contributed by atoms with Gasteiger partial charge in [-0.3, -0.25) is 9.69 Å². The lowest BCUT2D eigenvalue weighted by Crippen LogP contribution is -2.44. The van der Waals surface area contributed by atoms with Gasteiger partial charge in [0, 0.05) is 32.1 Å². The van der Waals surface area contributed by atoms with E-state index in [2.05, 4.69) is 10.2 Å². The van der Waals surface area contributed by atoms with E-state index in [1.807, 2.05) is 43.3 Å². The van der Waals surface area contributed by atoms with E-state index in [1.54, 1.807) is 0 Å². The number of amides is 1. The topological polar surface area (TPSA) is 41.6 Å².